The van der Waals surface area contributed by atoms with E-state index in [4.69, 9.17) is 0 Å². The van der Waals surface area contributed by atoms with Crippen molar-refractivity contribution in [3.63, 3.8) is 0 Å². The van der Waals surface area contributed by atoms with Crippen LogP contribution in [-0.2, 0) is 4.79 Å². The number of benzene rings is 1. The first-order valence-electron chi connectivity index (χ1n) is 9.25. The van der Waals surface area contributed by atoms with Crippen LogP contribution in [0, 0.1) is 5.92 Å². The van der Waals surface area contributed by atoms with Crippen molar-refractivity contribution in [2.45, 2.75) is 32.6 Å². The zero-order valence-corrected chi connectivity index (χ0v) is 17.2. The summed E-state index contributed by atoms with van der Waals surface area (Å²) in [5, 5.41) is 2.86. The molecular formula is C21H24BrN3O2. The van der Waals surface area contributed by atoms with Crippen LogP contribution in [0.1, 0.15) is 48.5 Å². The molecule has 2 heterocycles. The molecule has 0 aliphatic carbocycles. The molecule has 0 atom stereocenters. The van der Waals surface area contributed by atoms with Gasteiger partial charge < -0.3 is 10.2 Å². The average molecular weight is 430 g/mol. The van der Waals surface area contributed by atoms with Crippen molar-refractivity contribution in [1.29, 1.82) is 0 Å². The molecule has 1 N–H and O–H groups in total. The highest BCUT2D eigenvalue weighted by atomic mass is 79.9. The van der Waals surface area contributed by atoms with E-state index < -0.39 is 0 Å². The van der Waals surface area contributed by atoms with Gasteiger partial charge in [-0.25, -0.2) is 4.98 Å². The third-order valence-electron chi connectivity index (χ3n) is 4.96. The van der Waals surface area contributed by atoms with Crippen LogP contribution in [0.3, 0.4) is 0 Å². The number of nitrogens with zero attached hydrogens (tertiary/aromatic N) is 2. The van der Waals surface area contributed by atoms with Crippen LogP contribution in [0.5, 0.6) is 0 Å². The summed E-state index contributed by atoms with van der Waals surface area (Å²) in [5.41, 5.74) is 1.94. The lowest BCUT2D eigenvalue weighted by Crippen LogP contribution is -2.41. The highest BCUT2D eigenvalue weighted by molar-refractivity contribution is 9.10. The van der Waals surface area contributed by atoms with E-state index in [0.717, 1.165) is 4.47 Å². The molecule has 0 radical (unpaired) electrons. The number of nitrogens with one attached hydrogen (secondary N) is 1. The number of carbonyl (C=O) groups is 2. The summed E-state index contributed by atoms with van der Waals surface area (Å²) >= 11 is 3.33. The van der Waals surface area contributed by atoms with Gasteiger partial charge in [-0.3, -0.25) is 9.59 Å². The van der Waals surface area contributed by atoms with Gasteiger partial charge in [0, 0.05) is 35.2 Å². The highest BCUT2D eigenvalue weighted by Gasteiger charge is 2.28. The van der Waals surface area contributed by atoms with Gasteiger partial charge in [-0.1, -0.05) is 26.0 Å². The standard InChI is InChI=1S/C21H24BrN3O2/c1-14(2)15-3-5-17(6-4-15)21(27)25-11-9-16(10-12-25)20(26)24-19-8-7-18(22)13-23-19/h3-8,13-14,16H,9-12H2,1-2H3,(H,23,24,26). The van der Waals surface area contributed by atoms with Gasteiger partial charge in [0.2, 0.25) is 5.91 Å². The van der Waals surface area contributed by atoms with Crippen LogP contribution >= 0.6 is 15.9 Å². The number of halogens is 1. The van der Waals surface area contributed by atoms with Crippen molar-refractivity contribution in [3.8, 4) is 0 Å². The molecular weight excluding hydrogens is 406 g/mol. The SMILES string of the molecule is CC(C)c1ccc(C(=O)N2CCC(C(=O)Nc3ccc(Br)cn3)CC2)cc1. The lowest BCUT2D eigenvalue weighted by atomic mass is 9.95. The summed E-state index contributed by atoms with van der Waals surface area (Å²) in [6.07, 6.45) is 2.98. The Hall–Kier alpha value is -2.21. The van der Waals surface area contributed by atoms with Crippen LogP contribution in [0.15, 0.2) is 47.1 Å². The van der Waals surface area contributed by atoms with E-state index in [0.29, 0.717) is 43.2 Å². The maximum absolute atomic E-state index is 12.7. The van der Waals surface area contributed by atoms with Gasteiger partial charge >= 0.3 is 0 Å². The minimum Gasteiger partial charge on any atom is -0.339 e. The number of hydrogen-bond acceptors (Lipinski definition) is 3. The Labute approximate surface area is 168 Å². The van der Waals surface area contributed by atoms with Crippen molar-refractivity contribution < 1.29 is 9.59 Å². The molecule has 1 aromatic heterocycles. The monoisotopic (exact) mass is 429 g/mol. The Balaban J connectivity index is 1.54. The van der Waals surface area contributed by atoms with E-state index in [2.05, 4.69) is 40.1 Å². The number of pyridine rings is 1. The van der Waals surface area contributed by atoms with Gasteiger partial charge in [-0.2, -0.15) is 0 Å². The molecule has 2 aromatic rings. The number of amides is 2. The third-order valence-corrected chi connectivity index (χ3v) is 5.43. The smallest absolute Gasteiger partial charge is 0.253 e. The van der Waals surface area contributed by atoms with Crippen LogP contribution < -0.4 is 5.32 Å². The van der Waals surface area contributed by atoms with Gasteiger partial charge in [-0.05, 0) is 64.5 Å². The Morgan fingerprint density at radius 1 is 1.11 bits per heavy atom. The molecule has 0 bridgehead atoms. The van der Waals surface area contributed by atoms with E-state index in [9.17, 15) is 9.59 Å². The molecule has 6 heteroatoms. The maximum atomic E-state index is 12.7. The zero-order chi connectivity index (χ0) is 19.4. The lowest BCUT2D eigenvalue weighted by molar-refractivity contribution is -0.121. The highest BCUT2D eigenvalue weighted by Crippen LogP contribution is 2.22. The molecule has 1 aliphatic heterocycles. The van der Waals surface area contributed by atoms with Gasteiger partial charge in [-0.15, -0.1) is 0 Å². The minimum absolute atomic E-state index is 0.0294. The molecule has 5 nitrogen and oxygen atoms in total. The number of piperidine rings is 1. The van der Waals surface area contributed by atoms with E-state index in [-0.39, 0.29) is 17.7 Å². The third kappa shape index (κ3) is 4.95. The second-order valence-electron chi connectivity index (χ2n) is 7.19. The van der Waals surface area contributed by atoms with E-state index in [1.165, 1.54) is 5.56 Å². The number of likely N-dealkylation sites (tertiary alicyclic amines) is 1. The Bertz CT molecular complexity index is 795. The van der Waals surface area contributed by atoms with Gasteiger partial charge in [0.05, 0.1) is 0 Å². The Morgan fingerprint density at radius 3 is 2.33 bits per heavy atom. The largest absolute Gasteiger partial charge is 0.339 e. The number of rotatable bonds is 4. The first kappa shape index (κ1) is 19.5. The molecule has 2 amide bonds. The van der Waals surface area contributed by atoms with Crippen LogP contribution in [0.2, 0.25) is 0 Å². The lowest BCUT2D eigenvalue weighted by Gasteiger charge is -2.31. The Kier molecular flexibility index (Phi) is 6.26. The minimum atomic E-state index is -0.0946. The summed E-state index contributed by atoms with van der Waals surface area (Å²) in [4.78, 5) is 31.1. The average Bonchev–Trinajstić information content (AvgIpc) is 2.69. The summed E-state index contributed by atoms with van der Waals surface area (Å²) < 4.78 is 0.869. The molecule has 0 spiro atoms. The summed E-state index contributed by atoms with van der Waals surface area (Å²) in [6.45, 7) is 5.46. The molecule has 3 rings (SSSR count). The van der Waals surface area contributed by atoms with E-state index >= 15 is 0 Å². The van der Waals surface area contributed by atoms with Crippen molar-refractivity contribution in [3.05, 3.63) is 58.2 Å². The molecule has 1 aromatic carbocycles. The maximum Gasteiger partial charge on any atom is 0.253 e. The predicted molar refractivity (Wildman–Crippen MR) is 110 cm³/mol. The normalized spacial score (nSPS) is 15.0. The van der Waals surface area contributed by atoms with Crippen molar-refractivity contribution in [1.82, 2.24) is 9.88 Å². The summed E-state index contributed by atoms with van der Waals surface area (Å²) in [5.74, 6) is 0.912. The molecule has 27 heavy (non-hydrogen) atoms. The molecule has 1 saturated heterocycles. The second kappa shape index (κ2) is 8.65. The number of anilines is 1. The molecule has 142 valence electrons. The van der Waals surface area contributed by atoms with E-state index in [1.807, 2.05) is 35.2 Å². The topological polar surface area (TPSA) is 62.3 Å². The van der Waals surface area contributed by atoms with Crippen LogP contribution in [0.25, 0.3) is 0 Å². The molecule has 0 saturated carbocycles. The quantitative estimate of drug-likeness (QED) is 0.779. The first-order chi connectivity index (χ1) is 12.9. The fourth-order valence-corrected chi connectivity index (χ4v) is 3.45. The molecule has 1 fully saturated rings. The Morgan fingerprint density at radius 2 is 1.78 bits per heavy atom. The molecule has 0 unspecified atom stereocenters. The summed E-state index contributed by atoms with van der Waals surface area (Å²) in [6, 6.07) is 11.4. The van der Waals surface area contributed by atoms with Gasteiger partial charge in [0.15, 0.2) is 0 Å². The zero-order valence-electron chi connectivity index (χ0n) is 15.6. The van der Waals surface area contributed by atoms with Crippen molar-refractivity contribution in [2.24, 2.45) is 5.92 Å². The first-order valence-corrected chi connectivity index (χ1v) is 10.0. The van der Waals surface area contributed by atoms with E-state index in [1.54, 1.807) is 12.3 Å². The van der Waals surface area contributed by atoms with Gasteiger partial charge in [0.1, 0.15) is 5.82 Å². The fraction of sp³-hybridized carbons (Fsp3) is 0.381. The van der Waals surface area contributed by atoms with Crippen LogP contribution in [-0.4, -0.2) is 34.8 Å². The van der Waals surface area contributed by atoms with Crippen molar-refractivity contribution in [2.75, 3.05) is 18.4 Å². The molecule has 1 aliphatic rings. The van der Waals surface area contributed by atoms with Gasteiger partial charge in [0.25, 0.3) is 5.91 Å². The number of carbonyl (C=O) groups excluding carboxylic acids is 2. The fourth-order valence-electron chi connectivity index (χ4n) is 3.22. The predicted octanol–water partition coefficient (Wildman–Crippen LogP) is 4.46. The second-order valence-corrected chi connectivity index (χ2v) is 8.11. The summed E-state index contributed by atoms with van der Waals surface area (Å²) in [7, 11) is 0. The van der Waals surface area contributed by atoms with Crippen LogP contribution in [0.4, 0.5) is 5.82 Å². The number of aromatic nitrogens is 1. The van der Waals surface area contributed by atoms with Crippen molar-refractivity contribution >= 4 is 33.6 Å². The number of hydrogen-bond donors (Lipinski definition) is 1.